The van der Waals surface area contributed by atoms with E-state index >= 15 is 0 Å². The number of methoxy groups -OCH3 is 1. The number of hydrogen-bond acceptors (Lipinski definition) is 5. The minimum atomic E-state index is -0.272. The molecule has 6 nitrogen and oxygen atoms in total. The zero-order valence-corrected chi connectivity index (χ0v) is 8.56. The first-order chi connectivity index (χ1) is 7.24. The van der Waals surface area contributed by atoms with Crippen molar-refractivity contribution in [2.24, 2.45) is 0 Å². The lowest BCUT2D eigenvalue weighted by molar-refractivity contribution is 0.0943. The van der Waals surface area contributed by atoms with E-state index in [0.717, 1.165) is 6.42 Å². The Kier molecular flexibility index (Phi) is 4.49. The predicted molar refractivity (Wildman–Crippen MR) is 55.3 cm³/mol. The van der Waals surface area contributed by atoms with Gasteiger partial charge < -0.3 is 15.8 Å². The van der Waals surface area contributed by atoms with E-state index in [2.05, 4.69) is 15.3 Å². The van der Waals surface area contributed by atoms with E-state index in [1.807, 2.05) is 0 Å². The standard InChI is InChI=1S/C9H14N4O2/c1-15-4-2-3-12-9(14)7-5-11-6-8(10)13-7/h5-6H,2-4H2,1H3,(H2,10,13)(H,12,14). The van der Waals surface area contributed by atoms with Crippen molar-refractivity contribution in [3.63, 3.8) is 0 Å². The van der Waals surface area contributed by atoms with Gasteiger partial charge in [-0.2, -0.15) is 0 Å². The smallest absolute Gasteiger partial charge is 0.271 e. The number of aromatic nitrogens is 2. The van der Waals surface area contributed by atoms with Gasteiger partial charge in [0.1, 0.15) is 11.5 Å². The molecule has 0 aliphatic rings. The van der Waals surface area contributed by atoms with Gasteiger partial charge in [0, 0.05) is 20.3 Å². The van der Waals surface area contributed by atoms with E-state index in [0.29, 0.717) is 13.2 Å². The molecule has 0 bridgehead atoms. The number of rotatable bonds is 5. The Hall–Kier alpha value is -1.69. The molecule has 0 saturated carbocycles. The second-order valence-corrected chi connectivity index (χ2v) is 2.93. The van der Waals surface area contributed by atoms with Gasteiger partial charge in [-0.1, -0.05) is 0 Å². The Morgan fingerprint density at radius 2 is 2.40 bits per heavy atom. The molecule has 0 unspecified atom stereocenters. The molecule has 1 rings (SSSR count). The Morgan fingerprint density at radius 1 is 1.60 bits per heavy atom. The predicted octanol–water partition coefficient (Wildman–Crippen LogP) is -0.175. The number of carbonyl (C=O) groups is 1. The van der Waals surface area contributed by atoms with Crippen LogP contribution in [0, 0.1) is 0 Å². The molecule has 6 heteroatoms. The van der Waals surface area contributed by atoms with Gasteiger partial charge in [-0.3, -0.25) is 9.78 Å². The van der Waals surface area contributed by atoms with Crippen LogP contribution in [0.1, 0.15) is 16.9 Å². The first-order valence-corrected chi connectivity index (χ1v) is 4.58. The zero-order chi connectivity index (χ0) is 11.1. The average Bonchev–Trinajstić information content (AvgIpc) is 2.24. The van der Waals surface area contributed by atoms with E-state index < -0.39 is 0 Å². The second-order valence-electron chi connectivity index (χ2n) is 2.93. The number of amides is 1. The number of anilines is 1. The third-order valence-electron chi connectivity index (χ3n) is 1.70. The molecule has 0 spiro atoms. The molecule has 1 amide bonds. The maximum absolute atomic E-state index is 11.5. The van der Waals surface area contributed by atoms with Crippen LogP contribution in [0.15, 0.2) is 12.4 Å². The Bertz CT molecular complexity index is 330. The second kappa shape index (κ2) is 5.92. The number of carbonyl (C=O) groups excluding carboxylic acids is 1. The summed E-state index contributed by atoms with van der Waals surface area (Å²) >= 11 is 0. The SMILES string of the molecule is COCCCNC(=O)c1cncc(N)n1. The van der Waals surface area contributed by atoms with Gasteiger partial charge in [-0.25, -0.2) is 4.98 Å². The van der Waals surface area contributed by atoms with Gasteiger partial charge in [0.25, 0.3) is 5.91 Å². The fourth-order valence-electron chi connectivity index (χ4n) is 0.999. The molecular formula is C9H14N4O2. The van der Waals surface area contributed by atoms with Crippen molar-refractivity contribution in [1.29, 1.82) is 0 Å². The van der Waals surface area contributed by atoms with Crippen LogP contribution < -0.4 is 11.1 Å². The molecule has 0 fully saturated rings. The average molecular weight is 210 g/mol. The summed E-state index contributed by atoms with van der Waals surface area (Å²) in [5.41, 5.74) is 5.63. The molecule has 1 aromatic heterocycles. The molecule has 0 aliphatic carbocycles. The lowest BCUT2D eigenvalue weighted by atomic mass is 10.4. The highest BCUT2D eigenvalue weighted by Crippen LogP contribution is 1.96. The van der Waals surface area contributed by atoms with Crippen LogP contribution in [0.3, 0.4) is 0 Å². The minimum Gasteiger partial charge on any atom is -0.385 e. The normalized spacial score (nSPS) is 9.93. The van der Waals surface area contributed by atoms with Crippen molar-refractivity contribution in [1.82, 2.24) is 15.3 Å². The summed E-state index contributed by atoms with van der Waals surface area (Å²) in [6, 6.07) is 0. The molecule has 15 heavy (non-hydrogen) atoms. The molecule has 3 N–H and O–H groups in total. The summed E-state index contributed by atoms with van der Waals surface area (Å²) in [5.74, 6) is -0.0366. The van der Waals surface area contributed by atoms with E-state index in [4.69, 9.17) is 10.5 Å². The molecule has 1 heterocycles. The lowest BCUT2D eigenvalue weighted by Crippen LogP contribution is -2.26. The van der Waals surface area contributed by atoms with Crippen molar-refractivity contribution in [3.05, 3.63) is 18.1 Å². The van der Waals surface area contributed by atoms with Gasteiger partial charge in [0.2, 0.25) is 0 Å². The summed E-state index contributed by atoms with van der Waals surface area (Å²) in [5, 5.41) is 2.68. The zero-order valence-electron chi connectivity index (χ0n) is 8.56. The topological polar surface area (TPSA) is 90.1 Å². The van der Waals surface area contributed by atoms with E-state index in [1.54, 1.807) is 7.11 Å². The molecule has 0 aromatic carbocycles. The molecule has 0 atom stereocenters. The van der Waals surface area contributed by atoms with Crippen LogP contribution in [0.25, 0.3) is 0 Å². The summed E-state index contributed by atoms with van der Waals surface area (Å²) in [7, 11) is 1.62. The highest BCUT2D eigenvalue weighted by molar-refractivity contribution is 5.92. The van der Waals surface area contributed by atoms with Gasteiger partial charge in [-0.15, -0.1) is 0 Å². The van der Waals surface area contributed by atoms with Crippen molar-refractivity contribution in [3.8, 4) is 0 Å². The number of nitrogens with zero attached hydrogens (tertiary/aromatic N) is 2. The largest absolute Gasteiger partial charge is 0.385 e. The Labute approximate surface area is 87.9 Å². The lowest BCUT2D eigenvalue weighted by Gasteiger charge is -2.03. The van der Waals surface area contributed by atoms with E-state index in [1.165, 1.54) is 12.4 Å². The molecule has 0 radical (unpaired) electrons. The number of nitrogens with two attached hydrogens (primary N) is 1. The minimum absolute atomic E-state index is 0.229. The van der Waals surface area contributed by atoms with Crippen LogP contribution >= 0.6 is 0 Å². The third-order valence-corrected chi connectivity index (χ3v) is 1.70. The summed E-state index contributed by atoms with van der Waals surface area (Å²) in [6.07, 6.45) is 3.53. The molecule has 1 aromatic rings. The van der Waals surface area contributed by atoms with E-state index in [-0.39, 0.29) is 17.4 Å². The summed E-state index contributed by atoms with van der Waals surface area (Å²) in [6.45, 7) is 1.16. The van der Waals surface area contributed by atoms with Gasteiger partial charge in [0.15, 0.2) is 0 Å². The summed E-state index contributed by atoms with van der Waals surface area (Å²) in [4.78, 5) is 19.1. The maximum Gasteiger partial charge on any atom is 0.271 e. The maximum atomic E-state index is 11.5. The highest BCUT2D eigenvalue weighted by atomic mass is 16.5. The van der Waals surface area contributed by atoms with Crippen LogP contribution in [-0.4, -0.2) is 36.1 Å². The summed E-state index contributed by atoms with van der Waals surface area (Å²) < 4.78 is 4.85. The van der Waals surface area contributed by atoms with Crippen LogP contribution in [0.2, 0.25) is 0 Å². The number of nitrogens with one attached hydrogen (secondary N) is 1. The van der Waals surface area contributed by atoms with Crippen LogP contribution in [0.4, 0.5) is 5.82 Å². The third kappa shape index (κ3) is 3.90. The van der Waals surface area contributed by atoms with Gasteiger partial charge >= 0.3 is 0 Å². The molecular weight excluding hydrogens is 196 g/mol. The first-order valence-electron chi connectivity index (χ1n) is 4.58. The van der Waals surface area contributed by atoms with Crippen LogP contribution in [0.5, 0.6) is 0 Å². The van der Waals surface area contributed by atoms with Gasteiger partial charge in [0.05, 0.1) is 12.4 Å². The fraction of sp³-hybridized carbons (Fsp3) is 0.444. The Morgan fingerprint density at radius 3 is 3.07 bits per heavy atom. The van der Waals surface area contributed by atoms with Crippen LogP contribution in [-0.2, 0) is 4.74 Å². The molecule has 0 saturated heterocycles. The first kappa shape index (κ1) is 11.4. The fourth-order valence-corrected chi connectivity index (χ4v) is 0.999. The quantitative estimate of drug-likeness (QED) is 0.658. The number of hydrogen-bond donors (Lipinski definition) is 2. The molecule has 82 valence electrons. The van der Waals surface area contributed by atoms with Crippen molar-refractivity contribution < 1.29 is 9.53 Å². The van der Waals surface area contributed by atoms with Crippen molar-refractivity contribution in [2.45, 2.75) is 6.42 Å². The number of nitrogen functional groups attached to an aromatic ring is 1. The number of ether oxygens (including phenoxy) is 1. The van der Waals surface area contributed by atoms with Crippen molar-refractivity contribution in [2.75, 3.05) is 26.0 Å². The highest BCUT2D eigenvalue weighted by Gasteiger charge is 2.06. The Balaban J connectivity index is 2.40. The monoisotopic (exact) mass is 210 g/mol. The van der Waals surface area contributed by atoms with E-state index in [9.17, 15) is 4.79 Å². The molecule has 0 aliphatic heterocycles. The van der Waals surface area contributed by atoms with Gasteiger partial charge in [-0.05, 0) is 6.42 Å². The van der Waals surface area contributed by atoms with Crippen molar-refractivity contribution >= 4 is 11.7 Å².